The summed E-state index contributed by atoms with van der Waals surface area (Å²) in [7, 11) is 0. The summed E-state index contributed by atoms with van der Waals surface area (Å²) >= 11 is 0. The molecule has 0 unspecified atom stereocenters. The van der Waals surface area contributed by atoms with Gasteiger partial charge in [0.25, 0.3) is 0 Å². The van der Waals surface area contributed by atoms with Crippen molar-refractivity contribution in [1.29, 1.82) is 0 Å². The second kappa shape index (κ2) is 6.69. The van der Waals surface area contributed by atoms with Gasteiger partial charge in [-0.2, -0.15) is 5.26 Å². The van der Waals surface area contributed by atoms with Crippen molar-refractivity contribution in [3.63, 3.8) is 0 Å². The van der Waals surface area contributed by atoms with Crippen molar-refractivity contribution < 1.29 is 14.9 Å². The van der Waals surface area contributed by atoms with Crippen LogP contribution in [-0.4, -0.2) is 49.0 Å². The summed E-state index contributed by atoms with van der Waals surface area (Å²) in [5.74, 6) is -0.602. The van der Waals surface area contributed by atoms with Gasteiger partial charge < -0.3 is 4.89 Å². The third-order valence-electron chi connectivity index (χ3n) is 0.390. The first-order valence-corrected chi connectivity index (χ1v) is 1.65. The number of hydrogen-bond donors (Lipinski definition) is 1. The summed E-state index contributed by atoms with van der Waals surface area (Å²) in [5.41, 5.74) is 0. The Morgan fingerprint density at radius 1 is 1.86 bits per heavy atom. The Hall–Kier alpha value is 0.690. The van der Waals surface area contributed by atoms with Crippen molar-refractivity contribution in [2.24, 2.45) is 0 Å². The molecule has 7 heavy (non-hydrogen) atoms. The van der Waals surface area contributed by atoms with Crippen LogP contribution in [0.2, 0.25) is 0 Å². The van der Waals surface area contributed by atoms with Crippen LogP contribution in [0.25, 0.3) is 0 Å². The molecule has 4 heteroatoms. The molecule has 0 bridgehead atoms. The van der Waals surface area contributed by atoms with E-state index >= 15 is 0 Å². The van der Waals surface area contributed by atoms with E-state index in [0.29, 0.717) is 0 Å². The number of carbonyl (C=O) groups is 1. The minimum atomic E-state index is -0.602. The molecule has 0 amide bonds. The molecule has 0 aliphatic carbocycles. The van der Waals surface area contributed by atoms with Crippen molar-refractivity contribution in [2.75, 3.05) is 0 Å². The first-order valence-electron chi connectivity index (χ1n) is 1.65. The fraction of sp³-hybridized carbons (Fsp3) is 0.667. The molecule has 0 radical (unpaired) electrons. The number of carbonyl (C=O) groups excluding carboxylic acids is 1. The molecule has 0 aliphatic rings. The second-order valence-electron chi connectivity index (χ2n) is 0.817. The Kier molecular flexibility index (Phi) is 10.2. The Morgan fingerprint density at radius 3 is 2.29 bits per heavy atom. The van der Waals surface area contributed by atoms with E-state index in [1.54, 1.807) is 6.92 Å². The maximum atomic E-state index is 9.71. The minimum absolute atomic E-state index is 0. The summed E-state index contributed by atoms with van der Waals surface area (Å²) in [5, 5.41) is 7.49. The molecule has 0 aromatic rings. The van der Waals surface area contributed by atoms with Crippen LogP contribution in [0, 0.1) is 0 Å². The average molecular weight is 132 g/mol. The van der Waals surface area contributed by atoms with Gasteiger partial charge in [-0.05, 0) is 0 Å². The molecule has 3 nitrogen and oxygen atoms in total. The van der Waals surface area contributed by atoms with Crippen molar-refractivity contribution in [1.82, 2.24) is 0 Å². The van der Waals surface area contributed by atoms with E-state index in [2.05, 4.69) is 4.89 Å². The molecule has 0 aromatic carbocycles. The Labute approximate surface area is 71.6 Å². The number of rotatable bonds is 1. The van der Waals surface area contributed by atoms with Crippen LogP contribution in [0.4, 0.5) is 0 Å². The zero-order valence-corrected chi connectivity index (χ0v) is 3.47. The summed E-state index contributed by atoms with van der Waals surface area (Å²) < 4.78 is 0. The standard InChI is InChI=1S/C3H6O3.Ca.2H/c1-2-3(4)6-5;;;/h5H,2H2,1H3;;;. The quantitative estimate of drug-likeness (QED) is 0.297. The van der Waals surface area contributed by atoms with Gasteiger partial charge >= 0.3 is 43.7 Å². The molecule has 0 saturated heterocycles. The molecular formula is C3H8CaO3. The van der Waals surface area contributed by atoms with Crippen LogP contribution in [-0.2, 0) is 9.68 Å². The van der Waals surface area contributed by atoms with Crippen LogP contribution in [0.1, 0.15) is 13.3 Å². The van der Waals surface area contributed by atoms with E-state index < -0.39 is 5.97 Å². The van der Waals surface area contributed by atoms with Gasteiger partial charge in [0, 0.05) is 6.42 Å². The third kappa shape index (κ3) is 6.69. The second-order valence-corrected chi connectivity index (χ2v) is 0.817. The van der Waals surface area contributed by atoms with Crippen LogP contribution < -0.4 is 0 Å². The van der Waals surface area contributed by atoms with Gasteiger partial charge in [0.05, 0.1) is 0 Å². The van der Waals surface area contributed by atoms with Crippen LogP contribution in [0.5, 0.6) is 0 Å². The SMILES string of the molecule is CCC(=O)OO.[CaH2]. The van der Waals surface area contributed by atoms with Gasteiger partial charge in [-0.25, -0.2) is 4.79 Å². The van der Waals surface area contributed by atoms with Crippen molar-refractivity contribution >= 4 is 43.7 Å². The third-order valence-corrected chi connectivity index (χ3v) is 0.390. The molecule has 1 N–H and O–H groups in total. The molecule has 40 valence electrons. The van der Waals surface area contributed by atoms with Gasteiger partial charge in [0.1, 0.15) is 0 Å². The fourth-order valence-corrected chi connectivity index (χ4v) is 0.0645. The van der Waals surface area contributed by atoms with E-state index in [-0.39, 0.29) is 44.2 Å². The fourth-order valence-electron chi connectivity index (χ4n) is 0.0645. The zero-order valence-electron chi connectivity index (χ0n) is 3.47. The Bertz CT molecular complexity index is 48.1. The predicted octanol–water partition coefficient (Wildman–Crippen LogP) is -0.504. The van der Waals surface area contributed by atoms with E-state index in [0.717, 1.165) is 0 Å². The molecule has 0 fully saturated rings. The topological polar surface area (TPSA) is 46.5 Å². The molecule has 0 saturated carbocycles. The van der Waals surface area contributed by atoms with Gasteiger partial charge in [-0.1, -0.05) is 6.92 Å². The molecule has 0 rings (SSSR count). The molecular weight excluding hydrogens is 124 g/mol. The molecule has 0 aliphatic heterocycles. The maximum absolute atomic E-state index is 9.71. The summed E-state index contributed by atoms with van der Waals surface area (Å²) in [6.07, 6.45) is 0.219. The summed E-state index contributed by atoms with van der Waals surface area (Å²) in [4.78, 5) is 13.0. The van der Waals surface area contributed by atoms with Crippen molar-refractivity contribution in [3.05, 3.63) is 0 Å². The van der Waals surface area contributed by atoms with Crippen LogP contribution in [0.15, 0.2) is 0 Å². The molecule has 0 atom stereocenters. The van der Waals surface area contributed by atoms with Gasteiger partial charge in [-0.15, -0.1) is 0 Å². The Balaban J connectivity index is 0. The average Bonchev–Trinajstić information content (AvgIpc) is 1.65. The Morgan fingerprint density at radius 2 is 2.29 bits per heavy atom. The van der Waals surface area contributed by atoms with Crippen molar-refractivity contribution in [2.45, 2.75) is 13.3 Å². The first-order chi connectivity index (χ1) is 2.81. The van der Waals surface area contributed by atoms with Gasteiger partial charge in [0.2, 0.25) is 0 Å². The monoisotopic (exact) mass is 132 g/mol. The number of hydrogen-bond acceptors (Lipinski definition) is 3. The summed E-state index contributed by atoms with van der Waals surface area (Å²) in [6.45, 7) is 1.60. The van der Waals surface area contributed by atoms with E-state index in [4.69, 9.17) is 5.26 Å². The summed E-state index contributed by atoms with van der Waals surface area (Å²) in [6, 6.07) is 0. The van der Waals surface area contributed by atoms with E-state index in [9.17, 15) is 4.79 Å². The van der Waals surface area contributed by atoms with E-state index in [1.807, 2.05) is 0 Å². The normalized spacial score (nSPS) is 6.57. The zero-order chi connectivity index (χ0) is 4.99. The van der Waals surface area contributed by atoms with Crippen LogP contribution >= 0.6 is 0 Å². The first kappa shape index (κ1) is 10.6. The predicted molar refractivity (Wildman–Crippen MR) is 27.6 cm³/mol. The van der Waals surface area contributed by atoms with E-state index in [1.165, 1.54) is 0 Å². The van der Waals surface area contributed by atoms with Crippen LogP contribution in [0.3, 0.4) is 0 Å². The van der Waals surface area contributed by atoms with Crippen molar-refractivity contribution in [3.8, 4) is 0 Å². The van der Waals surface area contributed by atoms with Gasteiger partial charge in [-0.3, -0.25) is 0 Å². The van der Waals surface area contributed by atoms with Gasteiger partial charge in [0.15, 0.2) is 0 Å². The molecule has 0 heterocycles. The molecule has 0 aromatic heterocycles. The molecule has 0 spiro atoms.